The predicted octanol–water partition coefficient (Wildman–Crippen LogP) is 2.45. The average Bonchev–Trinajstić information content (AvgIpc) is 2.70. The summed E-state index contributed by atoms with van der Waals surface area (Å²) in [6.45, 7) is 0. The van der Waals surface area contributed by atoms with Crippen LogP contribution in [0.4, 0.5) is 0 Å². The Morgan fingerprint density at radius 2 is 2.29 bits per heavy atom. The fourth-order valence-electron chi connectivity index (χ4n) is 1.16. The second-order valence-electron chi connectivity index (χ2n) is 3.25. The summed E-state index contributed by atoms with van der Waals surface area (Å²) in [6, 6.07) is 2.60. The monoisotopic (exact) mass is 337 g/mol. The highest BCUT2D eigenvalue weighted by Crippen LogP contribution is 2.22. The van der Waals surface area contributed by atoms with Crippen LogP contribution in [-0.2, 0) is 4.79 Å². The maximum absolute atomic E-state index is 11.7. The molecule has 0 aromatic carbocycles. The van der Waals surface area contributed by atoms with E-state index >= 15 is 0 Å². The van der Waals surface area contributed by atoms with Crippen molar-refractivity contribution in [2.75, 3.05) is 12.0 Å². The standard InChI is InChI=1S/C10H12BrNO3S2/c1-16-5-4-6(10(14)15)12-9(13)7-2-3-8(11)17-7/h2-3,6H,4-5H2,1H3,(H,12,13)(H,14,15)/t6-/m1/s1. The number of carbonyl (C=O) groups is 2. The number of hydrogen-bond donors (Lipinski definition) is 2. The van der Waals surface area contributed by atoms with Gasteiger partial charge in [0.2, 0.25) is 0 Å². The number of thiophene rings is 1. The van der Waals surface area contributed by atoms with E-state index in [0.717, 1.165) is 3.79 Å². The van der Waals surface area contributed by atoms with Gasteiger partial charge in [0.15, 0.2) is 0 Å². The zero-order valence-electron chi connectivity index (χ0n) is 9.10. The number of aliphatic carboxylic acids is 1. The molecule has 0 fully saturated rings. The SMILES string of the molecule is CSCC[C@@H](NC(=O)c1ccc(Br)s1)C(=O)O. The third-order valence-electron chi connectivity index (χ3n) is 2.01. The molecule has 1 amide bonds. The lowest BCUT2D eigenvalue weighted by atomic mass is 10.2. The van der Waals surface area contributed by atoms with Crippen molar-refractivity contribution in [3.63, 3.8) is 0 Å². The molecule has 0 aliphatic rings. The zero-order chi connectivity index (χ0) is 12.8. The minimum atomic E-state index is -0.997. The van der Waals surface area contributed by atoms with Gasteiger partial charge in [-0.1, -0.05) is 0 Å². The first-order valence-corrected chi connectivity index (χ1v) is 7.83. The first-order valence-electron chi connectivity index (χ1n) is 4.82. The van der Waals surface area contributed by atoms with Crippen LogP contribution in [-0.4, -0.2) is 35.0 Å². The molecule has 0 bridgehead atoms. The number of nitrogens with one attached hydrogen (secondary N) is 1. The number of carboxylic acid groups (broad SMARTS) is 1. The summed E-state index contributed by atoms with van der Waals surface area (Å²) in [5.41, 5.74) is 0. The Bertz CT molecular complexity index is 408. The van der Waals surface area contributed by atoms with Crippen molar-refractivity contribution in [3.8, 4) is 0 Å². The molecule has 1 heterocycles. The fourth-order valence-corrected chi connectivity index (χ4v) is 2.92. The van der Waals surface area contributed by atoms with Crippen LogP contribution in [0.25, 0.3) is 0 Å². The van der Waals surface area contributed by atoms with E-state index < -0.39 is 12.0 Å². The number of carboxylic acids is 1. The molecule has 7 heteroatoms. The van der Waals surface area contributed by atoms with Gasteiger partial charge in [-0.25, -0.2) is 4.79 Å². The van der Waals surface area contributed by atoms with Crippen molar-refractivity contribution in [1.82, 2.24) is 5.32 Å². The summed E-state index contributed by atoms with van der Waals surface area (Å²) in [4.78, 5) is 23.2. The van der Waals surface area contributed by atoms with Crippen LogP contribution < -0.4 is 5.32 Å². The highest BCUT2D eigenvalue weighted by Gasteiger charge is 2.20. The molecular formula is C10H12BrNO3S2. The lowest BCUT2D eigenvalue weighted by molar-refractivity contribution is -0.139. The highest BCUT2D eigenvalue weighted by molar-refractivity contribution is 9.11. The molecule has 0 saturated carbocycles. The summed E-state index contributed by atoms with van der Waals surface area (Å²) >= 11 is 6.09. The molecule has 1 aromatic rings. The molecule has 17 heavy (non-hydrogen) atoms. The zero-order valence-corrected chi connectivity index (χ0v) is 12.3. The van der Waals surface area contributed by atoms with E-state index in [1.165, 1.54) is 11.3 Å². The first kappa shape index (κ1) is 14.5. The molecule has 4 nitrogen and oxygen atoms in total. The summed E-state index contributed by atoms with van der Waals surface area (Å²) in [6.07, 6.45) is 2.33. The van der Waals surface area contributed by atoms with Gasteiger partial charge in [-0.2, -0.15) is 11.8 Å². The van der Waals surface area contributed by atoms with Gasteiger partial charge >= 0.3 is 5.97 Å². The normalized spacial score (nSPS) is 12.1. The molecule has 94 valence electrons. The Kier molecular flexibility index (Phi) is 6.01. The summed E-state index contributed by atoms with van der Waals surface area (Å²) < 4.78 is 0.846. The van der Waals surface area contributed by atoms with Gasteiger partial charge in [0.05, 0.1) is 8.66 Å². The van der Waals surface area contributed by atoms with Crippen LogP contribution in [0.5, 0.6) is 0 Å². The Balaban J connectivity index is 2.60. The van der Waals surface area contributed by atoms with Gasteiger partial charge in [0.25, 0.3) is 5.91 Å². The van der Waals surface area contributed by atoms with Gasteiger partial charge in [-0.3, -0.25) is 4.79 Å². The van der Waals surface area contributed by atoms with Crippen LogP contribution in [0.3, 0.4) is 0 Å². The van der Waals surface area contributed by atoms with E-state index in [0.29, 0.717) is 17.1 Å². The summed E-state index contributed by atoms with van der Waals surface area (Å²) in [5, 5.41) is 11.5. The molecule has 0 aliphatic heterocycles. The summed E-state index contributed by atoms with van der Waals surface area (Å²) in [7, 11) is 0. The smallest absolute Gasteiger partial charge is 0.326 e. The number of thioether (sulfide) groups is 1. The molecule has 0 unspecified atom stereocenters. The number of halogens is 1. The Morgan fingerprint density at radius 3 is 2.76 bits per heavy atom. The third kappa shape index (κ3) is 4.69. The van der Waals surface area contributed by atoms with Crippen molar-refractivity contribution in [2.24, 2.45) is 0 Å². The van der Waals surface area contributed by atoms with Gasteiger partial charge in [0, 0.05) is 0 Å². The number of rotatable bonds is 6. The Hall–Kier alpha value is -0.530. The quantitative estimate of drug-likeness (QED) is 0.836. The summed E-state index contributed by atoms with van der Waals surface area (Å²) in [5.74, 6) is -0.636. The molecule has 0 spiro atoms. The van der Waals surface area contributed by atoms with Crippen LogP contribution in [0.1, 0.15) is 16.1 Å². The highest BCUT2D eigenvalue weighted by atomic mass is 79.9. The minimum absolute atomic E-state index is 0.339. The molecule has 0 saturated heterocycles. The van der Waals surface area contributed by atoms with E-state index in [1.807, 2.05) is 6.26 Å². The molecule has 1 atom stereocenters. The van der Waals surface area contributed by atoms with E-state index in [1.54, 1.807) is 23.9 Å². The maximum Gasteiger partial charge on any atom is 0.326 e. The maximum atomic E-state index is 11.7. The molecule has 1 rings (SSSR count). The van der Waals surface area contributed by atoms with Crippen molar-refractivity contribution < 1.29 is 14.7 Å². The van der Waals surface area contributed by atoms with Crippen LogP contribution >= 0.6 is 39.0 Å². The van der Waals surface area contributed by atoms with E-state index in [9.17, 15) is 9.59 Å². The second-order valence-corrected chi connectivity index (χ2v) is 6.70. The van der Waals surface area contributed by atoms with E-state index in [4.69, 9.17) is 5.11 Å². The van der Waals surface area contributed by atoms with E-state index in [-0.39, 0.29) is 5.91 Å². The topological polar surface area (TPSA) is 66.4 Å². The van der Waals surface area contributed by atoms with Crippen LogP contribution in [0, 0.1) is 0 Å². The Labute approximate surface area is 116 Å². The lowest BCUT2D eigenvalue weighted by Gasteiger charge is -2.12. The second kappa shape index (κ2) is 7.03. The molecule has 2 N–H and O–H groups in total. The predicted molar refractivity (Wildman–Crippen MR) is 73.9 cm³/mol. The number of hydrogen-bond acceptors (Lipinski definition) is 4. The number of carbonyl (C=O) groups excluding carboxylic acids is 1. The molecule has 0 aliphatic carbocycles. The minimum Gasteiger partial charge on any atom is -0.480 e. The Morgan fingerprint density at radius 1 is 1.59 bits per heavy atom. The molecule has 1 aromatic heterocycles. The van der Waals surface area contributed by atoms with Gasteiger partial charge in [-0.05, 0) is 46.5 Å². The third-order valence-corrected chi connectivity index (χ3v) is 4.28. The lowest BCUT2D eigenvalue weighted by Crippen LogP contribution is -2.40. The molecular weight excluding hydrogens is 326 g/mol. The van der Waals surface area contributed by atoms with Crippen molar-refractivity contribution in [2.45, 2.75) is 12.5 Å². The van der Waals surface area contributed by atoms with Crippen molar-refractivity contribution in [3.05, 3.63) is 20.8 Å². The van der Waals surface area contributed by atoms with Crippen LogP contribution in [0.2, 0.25) is 0 Å². The molecule has 0 radical (unpaired) electrons. The number of amides is 1. The fraction of sp³-hybridized carbons (Fsp3) is 0.400. The first-order chi connectivity index (χ1) is 8.04. The van der Waals surface area contributed by atoms with Crippen molar-refractivity contribution in [1.29, 1.82) is 0 Å². The average molecular weight is 338 g/mol. The van der Waals surface area contributed by atoms with Crippen molar-refractivity contribution >= 4 is 50.9 Å². The van der Waals surface area contributed by atoms with E-state index in [2.05, 4.69) is 21.2 Å². The van der Waals surface area contributed by atoms with Gasteiger partial charge in [0.1, 0.15) is 6.04 Å². The largest absolute Gasteiger partial charge is 0.480 e. The van der Waals surface area contributed by atoms with Gasteiger partial charge in [-0.15, -0.1) is 11.3 Å². The van der Waals surface area contributed by atoms with Gasteiger partial charge < -0.3 is 10.4 Å². The van der Waals surface area contributed by atoms with Crippen LogP contribution in [0.15, 0.2) is 15.9 Å².